The van der Waals surface area contributed by atoms with Crippen LogP contribution < -0.4 is 4.74 Å². The summed E-state index contributed by atoms with van der Waals surface area (Å²) in [7, 11) is 0. The minimum absolute atomic E-state index is 0.0578. The number of hydrogen-bond donors (Lipinski definition) is 0. The first-order valence-corrected chi connectivity index (χ1v) is 15.4. The monoisotopic (exact) mass is 520 g/mol. The number of unbranched alkanes of at least 4 members (excludes halogenated alkanes) is 3. The molecule has 1 heterocycles. The molecule has 37 heavy (non-hydrogen) atoms. The molecule has 210 valence electrons. The van der Waals surface area contributed by atoms with Crippen molar-refractivity contribution >= 4 is 0 Å². The van der Waals surface area contributed by atoms with E-state index in [-0.39, 0.29) is 12.0 Å². The van der Waals surface area contributed by atoms with Crippen molar-refractivity contribution in [2.75, 3.05) is 13.2 Å². The van der Waals surface area contributed by atoms with Gasteiger partial charge in [-0.25, -0.2) is 0 Å². The Labute approximate surface area is 224 Å². The van der Waals surface area contributed by atoms with E-state index in [1.165, 1.54) is 108 Å². The molecule has 4 rings (SSSR count). The van der Waals surface area contributed by atoms with Gasteiger partial charge < -0.3 is 14.2 Å². The molecule has 1 aliphatic heterocycles. The van der Waals surface area contributed by atoms with Crippen LogP contribution in [0.15, 0.2) is 24.3 Å². The van der Waals surface area contributed by atoms with Crippen LogP contribution in [0.3, 0.4) is 0 Å². The van der Waals surface area contributed by atoms with Gasteiger partial charge in [-0.2, -0.15) is 8.78 Å². The largest absolute Gasteiger partial charge is 0.435 e. The van der Waals surface area contributed by atoms with Gasteiger partial charge in [-0.05, 0) is 93.2 Å². The Morgan fingerprint density at radius 3 is 1.84 bits per heavy atom. The van der Waals surface area contributed by atoms with Gasteiger partial charge in [0.1, 0.15) is 5.75 Å². The molecule has 1 aromatic carbocycles. The molecule has 0 bridgehead atoms. The number of benzene rings is 1. The van der Waals surface area contributed by atoms with Crippen LogP contribution >= 0.6 is 0 Å². The first-order valence-electron chi connectivity index (χ1n) is 15.4. The smallest absolute Gasteiger partial charge is 0.387 e. The molecule has 2 aliphatic carbocycles. The molecule has 2 saturated carbocycles. The summed E-state index contributed by atoms with van der Waals surface area (Å²) >= 11 is 0. The van der Waals surface area contributed by atoms with E-state index in [2.05, 4.69) is 11.7 Å². The molecule has 0 N–H and O–H groups in total. The molecule has 3 aliphatic rings. The Kier molecular flexibility index (Phi) is 12.0. The number of rotatable bonds is 13. The van der Waals surface area contributed by atoms with Crippen molar-refractivity contribution in [2.45, 2.75) is 128 Å². The summed E-state index contributed by atoms with van der Waals surface area (Å²) in [6, 6.07) is 7.30. The van der Waals surface area contributed by atoms with E-state index in [4.69, 9.17) is 9.47 Å². The third-order valence-corrected chi connectivity index (χ3v) is 9.38. The average Bonchev–Trinajstić information content (AvgIpc) is 2.93. The molecular formula is C32H50F2O3. The van der Waals surface area contributed by atoms with E-state index in [1.807, 2.05) is 12.1 Å². The van der Waals surface area contributed by atoms with Crippen molar-refractivity contribution in [3.63, 3.8) is 0 Å². The molecule has 0 spiro atoms. The summed E-state index contributed by atoms with van der Waals surface area (Å²) in [5.74, 6) is 3.79. The van der Waals surface area contributed by atoms with Crippen molar-refractivity contribution in [2.24, 2.45) is 23.7 Å². The first-order chi connectivity index (χ1) is 18.1. The number of ether oxygens (including phenoxy) is 3. The highest BCUT2D eigenvalue weighted by molar-refractivity contribution is 5.29. The Morgan fingerprint density at radius 1 is 0.730 bits per heavy atom. The van der Waals surface area contributed by atoms with E-state index in [0.717, 1.165) is 25.0 Å². The highest BCUT2D eigenvalue weighted by atomic mass is 19.3. The topological polar surface area (TPSA) is 27.7 Å². The molecule has 1 aromatic rings. The zero-order valence-corrected chi connectivity index (χ0v) is 23.1. The lowest BCUT2D eigenvalue weighted by Crippen LogP contribution is -2.38. The second-order valence-electron chi connectivity index (χ2n) is 12.1. The van der Waals surface area contributed by atoms with Crippen LogP contribution in [-0.2, 0) is 9.47 Å². The summed E-state index contributed by atoms with van der Waals surface area (Å²) in [6.45, 7) is 1.31. The van der Waals surface area contributed by atoms with E-state index in [1.54, 1.807) is 12.1 Å². The minimum Gasteiger partial charge on any atom is -0.435 e. The molecule has 0 atom stereocenters. The van der Waals surface area contributed by atoms with Gasteiger partial charge in [0.25, 0.3) is 0 Å². The third-order valence-electron chi connectivity index (χ3n) is 9.38. The number of hydrogen-bond acceptors (Lipinski definition) is 3. The molecule has 0 amide bonds. The quantitative estimate of drug-likeness (QED) is 0.242. The predicted octanol–water partition coefficient (Wildman–Crippen LogP) is 9.50. The standard InChI is InChI=1S/C32H50F2O3/c1-2-3-4-9-26-22-35-31(36-23-26)29-16-12-25(13-17-29)8-6-5-7-24-10-14-27(15-11-24)28-18-20-30(21-19-28)37-32(33)34/h18-21,24-27,29,31-32H,2-17,22-23H2,1H3. The molecular weight excluding hydrogens is 470 g/mol. The fraction of sp³-hybridized carbons (Fsp3) is 0.812. The highest BCUT2D eigenvalue weighted by Crippen LogP contribution is 2.39. The molecule has 3 nitrogen and oxygen atoms in total. The van der Waals surface area contributed by atoms with Gasteiger partial charge in [0.05, 0.1) is 13.2 Å². The third kappa shape index (κ3) is 9.49. The maximum Gasteiger partial charge on any atom is 0.387 e. The lowest BCUT2D eigenvalue weighted by atomic mass is 9.76. The second kappa shape index (κ2) is 15.4. The van der Waals surface area contributed by atoms with Crippen LogP contribution in [0.25, 0.3) is 0 Å². The van der Waals surface area contributed by atoms with Gasteiger partial charge in [-0.3, -0.25) is 0 Å². The van der Waals surface area contributed by atoms with Gasteiger partial charge in [-0.1, -0.05) is 64.0 Å². The Morgan fingerprint density at radius 2 is 1.27 bits per heavy atom. The SMILES string of the molecule is CCCCCC1COC(C2CCC(CCCCC3CCC(c4ccc(OC(F)F)cc4)CC3)CC2)OC1. The van der Waals surface area contributed by atoms with Crippen LogP contribution in [0.1, 0.15) is 121 Å². The summed E-state index contributed by atoms with van der Waals surface area (Å²) < 4.78 is 41.5. The Bertz CT molecular complexity index is 731. The van der Waals surface area contributed by atoms with Crippen LogP contribution in [0.5, 0.6) is 5.75 Å². The van der Waals surface area contributed by atoms with Gasteiger partial charge in [0, 0.05) is 11.8 Å². The minimum atomic E-state index is -2.75. The van der Waals surface area contributed by atoms with Crippen molar-refractivity contribution in [1.82, 2.24) is 0 Å². The van der Waals surface area contributed by atoms with Crippen LogP contribution in [-0.4, -0.2) is 26.1 Å². The molecule has 0 radical (unpaired) electrons. The molecule has 5 heteroatoms. The van der Waals surface area contributed by atoms with Gasteiger partial charge in [-0.15, -0.1) is 0 Å². The Hall–Kier alpha value is -1.20. The molecule has 0 aromatic heterocycles. The van der Waals surface area contributed by atoms with E-state index >= 15 is 0 Å². The van der Waals surface area contributed by atoms with E-state index in [0.29, 0.717) is 17.8 Å². The van der Waals surface area contributed by atoms with Crippen molar-refractivity contribution in [1.29, 1.82) is 0 Å². The highest BCUT2D eigenvalue weighted by Gasteiger charge is 2.32. The average molecular weight is 521 g/mol. The summed E-state index contributed by atoms with van der Waals surface area (Å²) in [5, 5.41) is 0. The van der Waals surface area contributed by atoms with Crippen molar-refractivity contribution < 1.29 is 23.0 Å². The van der Waals surface area contributed by atoms with Gasteiger partial charge in [0.15, 0.2) is 6.29 Å². The van der Waals surface area contributed by atoms with E-state index < -0.39 is 6.61 Å². The molecule has 0 unspecified atom stereocenters. The molecule has 1 saturated heterocycles. The second-order valence-corrected chi connectivity index (χ2v) is 12.1. The van der Waals surface area contributed by atoms with Gasteiger partial charge in [0.2, 0.25) is 0 Å². The number of halogens is 2. The van der Waals surface area contributed by atoms with Crippen LogP contribution in [0.2, 0.25) is 0 Å². The Balaban J connectivity index is 1.03. The summed E-state index contributed by atoms with van der Waals surface area (Å²) in [4.78, 5) is 0. The fourth-order valence-electron chi connectivity index (χ4n) is 7.00. The summed E-state index contributed by atoms with van der Waals surface area (Å²) in [5.41, 5.74) is 1.27. The normalized spacial score (nSPS) is 30.9. The van der Waals surface area contributed by atoms with Crippen LogP contribution in [0, 0.1) is 23.7 Å². The number of alkyl halides is 2. The van der Waals surface area contributed by atoms with Crippen molar-refractivity contribution in [3.8, 4) is 5.75 Å². The van der Waals surface area contributed by atoms with Crippen LogP contribution in [0.4, 0.5) is 8.78 Å². The lowest BCUT2D eigenvalue weighted by molar-refractivity contribution is -0.230. The first kappa shape index (κ1) is 28.8. The van der Waals surface area contributed by atoms with E-state index in [9.17, 15) is 8.78 Å². The lowest BCUT2D eigenvalue weighted by Gasteiger charge is -2.37. The maximum atomic E-state index is 12.4. The summed E-state index contributed by atoms with van der Waals surface area (Å²) in [6.07, 6.45) is 21.0. The maximum absolute atomic E-state index is 12.4. The van der Waals surface area contributed by atoms with Gasteiger partial charge >= 0.3 is 6.61 Å². The fourth-order valence-corrected chi connectivity index (χ4v) is 7.00. The molecule has 3 fully saturated rings. The predicted molar refractivity (Wildman–Crippen MR) is 145 cm³/mol. The zero-order chi connectivity index (χ0) is 25.9. The van der Waals surface area contributed by atoms with Crippen molar-refractivity contribution in [3.05, 3.63) is 29.8 Å². The zero-order valence-electron chi connectivity index (χ0n) is 23.1.